The maximum Gasteiger partial charge on any atom is 0.410 e. The number of carbonyl (C=O) groups excluding carboxylic acids is 2. The molecule has 2 fully saturated rings. The molecule has 0 radical (unpaired) electrons. The minimum Gasteiger partial charge on any atom is -0.444 e. The number of benzene rings is 1. The van der Waals surface area contributed by atoms with Crippen molar-refractivity contribution in [3.05, 3.63) is 22.8 Å². The van der Waals surface area contributed by atoms with Crippen molar-refractivity contribution >= 4 is 17.6 Å². The highest BCUT2D eigenvalue weighted by Crippen LogP contribution is 2.47. The summed E-state index contributed by atoms with van der Waals surface area (Å²) < 4.78 is 5.55. The lowest BCUT2D eigenvalue weighted by Gasteiger charge is -2.45. The molecule has 0 atom stereocenters. The number of piperazine rings is 1. The first-order valence-electron chi connectivity index (χ1n) is 13.9. The van der Waals surface area contributed by atoms with Crippen molar-refractivity contribution in [2.75, 3.05) is 44.2 Å². The summed E-state index contributed by atoms with van der Waals surface area (Å²) in [4.78, 5) is 36.9. The van der Waals surface area contributed by atoms with Gasteiger partial charge in [0.1, 0.15) is 5.60 Å². The third-order valence-electron chi connectivity index (χ3n) is 7.50. The van der Waals surface area contributed by atoms with Crippen molar-refractivity contribution in [3.8, 4) is 5.75 Å². The zero-order valence-electron chi connectivity index (χ0n) is 25.2. The van der Waals surface area contributed by atoms with E-state index in [2.05, 4.69) is 51.3 Å². The number of ether oxygens (including phenoxy) is 1. The summed E-state index contributed by atoms with van der Waals surface area (Å²) in [5, 5.41) is 9.80. The van der Waals surface area contributed by atoms with Gasteiger partial charge in [0.05, 0.1) is 5.69 Å². The van der Waals surface area contributed by atoms with Crippen molar-refractivity contribution in [2.24, 2.45) is 0 Å². The Morgan fingerprint density at radius 3 is 1.79 bits per heavy atom. The van der Waals surface area contributed by atoms with E-state index in [1.165, 1.54) is 0 Å². The zero-order valence-corrected chi connectivity index (χ0v) is 25.2. The van der Waals surface area contributed by atoms with Gasteiger partial charge in [0.15, 0.2) is 11.5 Å². The number of ketones is 1. The average molecular weight is 532 g/mol. The minimum absolute atomic E-state index is 0.0406. The maximum absolute atomic E-state index is 12.9. The Morgan fingerprint density at radius 1 is 0.842 bits per heavy atom. The summed E-state index contributed by atoms with van der Waals surface area (Å²) in [6.07, 6.45) is 1.64. The molecule has 8 nitrogen and oxygen atoms in total. The van der Waals surface area contributed by atoms with E-state index in [0.29, 0.717) is 30.4 Å². The molecule has 0 aliphatic carbocycles. The highest BCUT2D eigenvalue weighted by atomic mass is 17.1. The van der Waals surface area contributed by atoms with Crippen LogP contribution in [0.25, 0.3) is 0 Å². The van der Waals surface area contributed by atoms with Crippen molar-refractivity contribution in [1.82, 2.24) is 9.80 Å². The van der Waals surface area contributed by atoms with Crippen LogP contribution in [0.3, 0.4) is 0 Å². The molecule has 0 spiro atoms. The molecule has 0 saturated carbocycles. The highest BCUT2D eigenvalue weighted by molar-refractivity contribution is 6.01. The van der Waals surface area contributed by atoms with Crippen molar-refractivity contribution in [2.45, 2.75) is 105 Å². The van der Waals surface area contributed by atoms with Crippen LogP contribution in [0, 0.1) is 0 Å². The Hall–Kier alpha value is -2.32. The first kappa shape index (κ1) is 30.2. The average Bonchev–Trinajstić information content (AvgIpc) is 2.80. The van der Waals surface area contributed by atoms with Gasteiger partial charge in [0.2, 0.25) is 0 Å². The fourth-order valence-electron chi connectivity index (χ4n) is 5.84. The van der Waals surface area contributed by atoms with Gasteiger partial charge in [0, 0.05) is 56.4 Å². The quantitative estimate of drug-likeness (QED) is 0.296. The number of Topliss-reactive ketones (excluding diaryl/α,β-unsaturated/α-hetero) is 1. The summed E-state index contributed by atoms with van der Waals surface area (Å²) in [7, 11) is 0. The second-order valence-electron chi connectivity index (χ2n) is 13.9. The fraction of sp³-hybridized carbons (Fsp3) is 0.733. The van der Waals surface area contributed by atoms with E-state index in [0.717, 1.165) is 55.8 Å². The molecule has 2 heterocycles. The van der Waals surface area contributed by atoms with E-state index >= 15 is 0 Å². The number of carbonyl (C=O) groups is 2. The van der Waals surface area contributed by atoms with E-state index in [9.17, 15) is 14.8 Å². The van der Waals surface area contributed by atoms with Crippen LogP contribution in [0.2, 0.25) is 0 Å². The Labute approximate surface area is 229 Å². The van der Waals surface area contributed by atoms with Crippen LogP contribution >= 0.6 is 0 Å². The van der Waals surface area contributed by atoms with Crippen molar-refractivity contribution < 1.29 is 24.5 Å². The Balaban J connectivity index is 1.83. The number of hydrogen-bond donors (Lipinski definition) is 1. The molecule has 8 heteroatoms. The summed E-state index contributed by atoms with van der Waals surface area (Å²) >= 11 is 0. The lowest BCUT2D eigenvalue weighted by molar-refractivity contribution is -0.139. The largest absolute Gasteiger partial charge is 0.444 e. The van der Waals surface area contributed by atoms with Gasteiger partial charge in [-0.3, -0.25) is 9.69 Å². The number of anilines is 1. The van der Waals surface area contributed by atoms with E-state index in [1.807, 2.05) is 25.7 Å². The summed E-state index contributed by atoms with van der Waals surface area (Å²) in [5.41, 5.74) is 2.49. The lowest BCUT2D eigenvalue weighted by atomic mass is 9.72. The molecule has 2 saturated heterocycles. The van der Waals surface area contributed by atoms with E-state index in [1.54, 1.807) is 13.0 Å². The summed E-state index contributed by atoms with van der Waals surface area (Å²) in [6.45, 7) is 24.9. The van der Waals surface area contributed by atoms with Crippen LogP contribution in [-0.2, 0) is 15.6 Å². The van der Waals surface area contributed by atoms with E-state index in [4.69, 9.17) is 9.62 Å². The molecule has 2 aliphatic rings. The maximum atomic E-state index is 12.9. The van der Waals surface area contributed by atoms with Gasteiger partial charge >= 0.3 is 6.09 Å². The zero-order chi connectivity index (χ0) is 28.6. The molecular formula is C30H49N3O5. The molecule has 1 aromatic rings. The normalized spacial score (nSPS) is 18.5. The van der Waals surface area contributed by atoms with Crippen LogP contribution in [-0.4, -0.2) is 77.8 Å². The monoisotopic (exact) mass is 531 g/mol. The van der Waals surface area contributed by atoms with Gasteiger partial charge in [-0.05, 0) is 63.0 Å². The molecule has 3 rings (SSSR count). The molecular weight excluding hydrogens is 482 g/mol. The molecule has 1 N–H and O–H groups in total. The second-order valence-corrected chi connectivity index (χ2v) is 13.9. The number of nitrogens with zero attached hydrogens (tertiary/aromatic N) is 3. The van der Waals surface area contributed by atoms with Gasteiger partial charge in [-0.2, -0.15) is 0 Å². The van der Waals surface area contributed by atoms with Gasteiger partial charge in [-0.25, -0.2) is 10.1 Å². The van der Waals surface area contributed by atoms with Crippen LogP contribution < -0.4 is 9.79 Å². The molecule has 0 unspecified atom stereocenters. The number of likely N-dealkylation sites (tertiary alicyclic amines) is 1. The summed E-state index contributed by atoms with van der Waals surface area (Å²) in [5.74, 6) is 0.313. The van der Waals surface area contributed by atoms with Gasteiger partial charge < -0.3 is 19.4 Å². The fourth-order valence-corrected chi connectivity index (χ4v) is 5.84. The molecule has 38 heavy (non-hydrogen) atoms. The number of rotatable bonds is 4. The first-order chi connectivity index (χ1) is 17.4. The Morgan fingerprint density at radius 2 is 1.37 bits per heavy atom. The molecule has 1 aromatic carbocycles. The highest BCUT2D eigenvalue weighted by Gasteiger charge is 2.37. The lowest BCUT2D eigenvalue weighted by Crippen LogP contribution is -2.54. The van der Waals surface area contributed by atoms with Crippen LogP contribution in [0.15, 0.2) is 6.07 Å². The predicted octanol–water partition coefficient (Wildman–Crippen LogP) is 5.86. The predicted molar refractivity (Wildman–Crippen MR) is 152 cm³/mol. The minimum atomic E-state index is -0.483. The van der Waals surface area contributed by atoms with Crippen LogP contribution in [0.5, 0.6) is 5.75 Å². The van der Waals surface area contributed by atoms with E-state index < -0.39 is 5.60 Å². The number of amides is 1. The van der Waals surface area contributed by atoms with E-state index in [-0.39, 0.29) is 22.7 Å². The smallest absolute Gasteiger partial charge is 0.410 e. The van der Waals surface area contributed by atoms with Crippen LogP contribution in [0.4, 0.5) is 10.5 Å². The SMILES string of the molecule is CC(=O)c1cc(OO)c(C(C)(C)C)c(C(C)(C)C)c1N1CCN(C2CCN(C(=O)OC(C)(C)C)CC2)CC1. The molecule has 2 aliphatic heterocycles. The Bertz CT molecular complexity index is 1020. The van der Waals surface area contributed by atoms with Crippen molar-refractivity contribution in [1.29, 1.82) is 0 Å². The number of hydrogen-bond acceptors (Lipinski definition) is 7. The Kier molecular flexibility index (Phi) is 8.79. The second kappa shape index (κ2) is 11.0. The number of piperidine rings is 1. The van der Waals surface area contributed by atoms with Crippen molar-refractivity contribution in [3.63, 3.8) is 0 Å². The topological polar surface area (TPSA) is 82.6 Å². The van der Waals surface area contributed by atoms with Gasteiger partial charge in [-0.1, -0.05) is 41.5 Å². The first-order valence-corrected chi connectivity index (χ1v) is 13.9. The standard InChI is InChI=1S/C30H49N3O5/c1-20(34)22-19-23(38-36)24(28(2,3)4)25(29(5,6)7)26(22)32-17-15-31(16-18-32)21-11-13-33(14-12-21)27(35)37-30(8,9)10/h19,21,36H,11-18H2,1-10H3. The molecule has 0 bridgehead atoms. The molecule has 214 valence electrons. The summed E-state index contributed by atoms with van der Waals surface area (Å²) in [6, 6.07) is 2.15. The third-order valence-corrected chi connectivity index (χ3v) is 7.50. The van der Waals surface area contributed by atoms with Crippen LogP contribution in [0.1, 0.15) is 104 Å². The molecule has 0 aromatic heterocycles. The molecule has 1 amide bonds. The van der Waals surface area contributed by atoms with Gasteiger partial charge in [0.25, 0.3) is 0 Å². The third kappa shape index (κ3) is 6.81. The van der Waals surface area contributed by atoms with Gasteiger partial charge in [-0.15, -0.1) is 0 Å².